The zero-order valence-electron chi connectivity index (χ0n) is 15.5. The van der Waals surface area contributed by atoms with Crippen LogP contribution in [0.4, 0.5) is 11.4 Å². The Bertz CT molecular complexity index is 847. The van der Waals surface area contributed by atoms with E-state index >= 15 is 0 Å². The number of rotatable bonds is 4. The molecule has 3 rings (SSSR count). The first kappa shape index (κ1) is 17.0. The highest BCUT2D eigenvalue weighted by atomic mass is 15.1. The number of pyridine rings is 1. The molecule has 1 radical (unpaired) electrons. The zero-order chi connectivity index (χ0) is 18.0. The number of anilines is 2. The van der Waals surface area contributed by atoms with Crippen molar-refractivity contribution in [2.45, 2.75) is 6.92 Å². The summed E-state index contributed by atoms with van der Waals surface area (Å²) in [6, 6.07) is 17.2. The third kappa shape index (κ3) is 3.50. The van der Waals surface area contributed by atoms with Gasteiger partial charge in [0, 0.05) is 51.3 Å². The SMILES string of the molecule is Cc1cn[c]c(-c2ccc(N(C)C)cc2)c1-c1ccc(N(C)C)cc1. The van der Waals surface area contributed by atoms with Crippen LogP contribution < -0.4 is 9.80 Å². The summed E-state index contributed by atoms with van der Waals surface area (Å²) in [5.41, 5.74) is 8.09. The Hall–Kier alpha value is -2.81. The molecular weight excluding hydrogens is 306 g/mol. The highest BCUT2D eigenvalue weighted by Crippen LogP contribution is 2.35. The van der Waals surface area contributed by atoms with E-state index in [0.29, 0.717) is 0 Å². The first-order valence-electron chi connectivity index (χ1n) is 8.40. The lowest BCUT2D eigenvalue weighted by molar-refractivity contribution is 1.13. The maximum absolute atomic E-state index is 4.31. The molecular formula is C22H24N3. The average molecular weight is 330 g/mol. The smallest absolute Gasteiger partial charge is 0.0977 e. The lowest BCUT2D eigenvalue weighted by Gasteiger charge is -2.16. The van der Waals surface area contributed by atoms with E-state index in [1.165, 1.54) is 22.5 Å². The summed E-state index contributed by atoms with van der Waals surface area (Å²) in [5, 5.41) is 0. The van der Waals surface area contributed by atoms with E-state index < -0.39 is 0 Å². The molecule has 1 heterocycles. The van der Waals surface area contributed by atoms with E-state index in [2.05, 4.69) is 90.5 Å². The molecule has 3 aromatic rings. The van der Waals surface area contributed by atoms with Gasteiger partial charge in [0.15, 0.2) is 0 Å². The summed E-state index contributed by atoms with van der Waals surface area (Å²) in [5.74, 6) is 0. The number of aryl methyl sites for hydroxylation is 1. The highest BCUT2D eigenvalue weighted by molar-refractivity contribution is 5.85. The van der Waals surface area contributed by atoms with Gasteiger partial charge in [-0.15, -0.1) is 0 Å². The molecule has 0 N–H and O–H groups in total. The second-order valence-corrected chi connectivity index (χ2v) is 6.69. The monoisotopic (exact) mass is 330 g/mol. The Labute approximate surface area is 150 Å². The number of hydrogen-bond acceptors (Lipinski definition) is 3. The van der Waals surface area contributed by atoms with Gasteiger partial charge in [-0.1, -0.05) is 24.3 Å². The molecule has 0 saturated carbocycles. The predicted octanol–water partition coefficient (Wildman–Crippen LogP) is 4.66. The summed E-state index contributed by atoms with van der Waals surface area (Å²) < 4.78 is 0. The quantitative estimate of drug-likeness (QED) is 0.694. The maximum Gasteiger partial charge on any atom is 0.0977 e. The maximum atomic E-state index is 4.31. The van der Waals surface area contributed by atoms with E-state index in [9.17, 15) is 0 Å². The normalized spacial score (nSPS) is 10.6. The molecule has 0 spiro atoms. The van der Waals surface area contributed by atoms with Gasteiger partial charge in [-0.2, -0.15) is 0 Å². The van der Waals surface area contributed by atoms with Crippen LogP contribution in [0.5, 0.6) is 0 Å². The molecule has 0 amide bonds. The lowest BCUT2D eigenvalue weighted by Crippen LogP contribution is -2.08. The van der Waals surface area contributed by atoms with Crippen LogP contribution in [0.2, 0.25) is 0 Å². The van der Waals surface area contributed by atoms with Gasteiger partial charge in [0.05, 0.1) is 6.20 Å². The Morgan fingerprint density at radius 2 is 1.20 bits per heavy atom. The molecule has 2 aromatic carbocycles. The van der Waals surface area contributed by atoms with Crippen LogP contribution in [0.1, 0.15) is 5.56 Å². The molecule has 0 aliphatic rings. The van der Waals surface area contributed by atoms with Crippen LogP contribution in [0.3, 0.4) is 0 Å². The topological polar surface area (TPSA) is 19.4 Å². The number of hydrogen-bond donors (Lipinski definition) is 0. The van der Waals surface area contributed by atoms with Gasteiger partial charge in [0.1, 0.15) is 0 Å². The Morgan fingerprint density at radius 1 is 0.720 bits per heavy atom. The Morgan fingerprint density at radius 3 is 1.68 bits per heavy atom. The van der Waals surface area contributed by atoms with Gasteiger partial charge >= 0.3 is 0 Å². The number of benzene rings is 2. The molecule has 0 aliphatic carbocycles. The van der Waals surface area contributed by atoms with Crippen LogP contribution in [-0.4, -0.2) is 33.2 Å². The molecule has 0 aliphatic heterocycles. The van der Waals surface area contributed by atoms with Gasteiger partial charge in [-0.05, 0) is 53.4 Å². The molecule has 3 nitrogen and oxygen atoms in total. The van der Waals surface area contributed by atoms with Crippen molar-refractivity contribution in [1.82, 2.24) is 4.98 Å². The minimum atomic E-state index is 1.04. The largest absolute Gasteiger partial charge is 0.378 e. The van der Waals surface area contributed by atoms with Crippen molar-refractivity contribution in [2.24, 2.45) is 0 Å². The molecule has 0 bridgehead atoms. The second kappa shape index (κ2) is 6.98. The molecule has 1 aromatic heterocycles. The standard InChI is InChI=1S/C22H24N3/c1-16-14-23-15-21(17-6-10-19(11-7-17)24(2)3)22(16)18-8-12-20(13-9-18)25(4)5/h6-14H,1-5H3. The molecule has 0 unspecified atom stereocenters. The summed E-state index contributed by atoms with van der Waals surface area (Å²) in [6.45, 7) is 2.10. The second-order valence-electron chi connectivity index (χ2n) is 6.69. The molecule has 25 heavy (non-hydrogen) atoms. The fourth-order valence-electron chi connectivity index (χ4n) is 2.94. The van der Waals surface area contributed by atoms with Gasteiger partial charge in [0.2, 0.25) is 0 Å². The molecule has 0 atom stereocenters. The van der Waals surface area contributed by atoms with E-state index in [0.717, 1.165) is 16.7 Å². The third-order valence-corrected chi connectivity index (χ3v) is 4.42. The van der Waals surface area contributed by atoms with Crippen molar-refractivity contribution >= 4 is 11.4 Å². The summed E-state index contributed by atoms with van der Waals surface area (Å²) in [6.07, 6.45) is 5.09. The Kier molecular flexibility index (Phi) is 4.75. The third-order valence-electron chi connectivity index (χ3n) is 4.42. The van der Waals surface area contributed by atoms with Gasteiger partial charge in [-0.3, -0.25) is 4.98 Å². The lowest BCUT2D eigenvalue weighted by atomic mass is 9.93. The van der Waals surface area contributed by atoms with Crippen LogP contribution in [0, 0.1) is 13.1 Å². The Balaban J connectivity index is 2.08. The van der Waals surface area contributed by atoms with E-state index in [4.69, 9.17) is 0 Å². The van der Waals surface area contributed by atoms with Crippen molar-refractivity contribution in [3.05, 3.63) is 66.5 Å². The summed E-state index contributed by atoms with van der Waals surface area (Å²) in [4.78, 5) is 8.51. The van der Waals surface area contributed by atoms with Crippen LogP contribution >= 0.6 is 0 Å². The highest BCUT2D eigenvalue weighted by Gasteiger charge is 2.12. The van der Waals surface area contributed by atoms with Crippen LogP contribution in [0.25, 0.3) is 22.3 Å². The van der Waals surface area contributed by atoms with Crippen molar-refractivity contribution in [1.29, 1.82) is 0 Å². The van der Waals surface area contributed by atoms with E-state index in [1.54, 1.807) is 0 Å². The first-order chi connectivity index (χ1) is 12.0. The fourth-order valence-corrected chi connectivity index (χ4v) is 2.94. The number of aromatic nitrogens is 1. The summed E-state index contributed by atoms with van der Waals surface area (Å²) in [7, 11) is 8.20. The molecule has 0 fully saturated rings. The number of nitrogens with zero attached hydrogens (tertiary/aromatic N) is 3. The minimum Gasteiger partial charge on any atom is -0.378 e. The van der Waals surface area contributed by atoms with Crippen molar-refractivity contribution in [2.75, 3.05) is 38.0 Å². The molecule has 0 saturated heterocycles. The summed E-state index contributed by atoms with van der Waals surface area (Å²) >= 11 is 0. The van der Waals surface area contributed by atoms with Crippen molar-refractivity contribution in [3.8, 4) is 22.3 Å². The first-order valence-corrected chi connectivity index (χ1v) is 8.40. The average Bonchev–Trinajstić information content (AvgIpc) is 2.61. The van der Waals surface area contributed by atoms with Crippen LogP contribution in [0.15, 0.2) is 54.7 Å². The van der Waals surface area contributed by atoms with Crippen LogP contribution in [-0.2, 0) is 0 Å². The minimum absolute atomic E-state index is 1.04. The molecule has 3 heteroatoms. The van der Waals surface area contributed by atoms with Gasteiger partial charge in [0.25, 0.3) is 0 Å². The zero-order valence-corrected chi connectivity index (χ0v) is 15.5. The predicted molar refractivity (Wildman–Crippen MR) is 107 cm³/mol. The van der Waals surface area contributed by atoms with E-state index in [-0.39, 0.29) is 0 Å². The molecule has 127 valence electrons. The van der Waals surface area contributed by atoms with Gasteiger partial charge < -0.3 is 9.80 Å². The fraction of sp³-hybridized carbons (Fsp3) is 0.227. The van der Waals surface area contributed by atoms with Crippen molar-refractivity contribution in [3.63, 3.8) is 0 Å². The van der Waals surface area contributed by atoms with Gasteiger partial charge in [-0.25, -0.2) is 0 Å². The van der Waals surface area contributed by atoms with Crippen molar-refractivity contribution < 1.29 is 0 Å². The van der Waals surface area contributed by atoms with E-state index in [1.807, 2.05) is 20.3 Å².